The predicted octanol–water partition coefficient (Wildman–Crippen LogP) is 1.16. The summed E-state index contributed by atoms with van der Waals surface area (Å²) in [5.41, 5.74) is 1.17. The Morgan fingerprint density at radius 3 is 2.70 bits per heavy atom. The summed E-state index contributed by atoms with van der Waals surface area (Å²) in [4.78, 5) is 12.1. The van der Waals surface area contributed by atoms with Gasteiger partial charge in [0.15, 0.2) is 0 Å². The topological polar surface area (TPSA) is 75.7 Å². The number of hydrogen-bond acceptors (Lipinski definition) is 4. The molecule has 1 atom stereocenters. The molecule has 1 aliphatic heterocycles. The lowest BCUT2D eigenvalue weighted by molar-refractivity contribution is -0.126. The number of aryl methyl sites for hydroxylation is 1. The van der Waals surface area contributed by atoms with Gasteiger partial charge in [-0.15, -0.1) is 0 Å². The molecule has 0 saturated carbocycles. The molecule has 2 rings (SSSR count). The number of carbonyl (C=O) groups is 1. The van der Waals surface area contributed by atoms with Crippen molar-refractivity contribution in [2.75, 3.05) is 32.5 Å². The highest BCUT2D eigenvalue weighted by molar-refractivity contribution is 7.88. The van der Waals surface area contributed by atoms with E-state index in [-0.39, 0.29) is 18.4 Å². The van der Waals surface area contributed by atoms with Gasteiger partial charge in [-0.1, -0.05) is 17.7 Å². The number of ether oxygens (including phenoxy) is 1. The Morgan fingerprint density at radius 2 is 2.04 bits per heavy atom. The lowest BCUT2D eigenvalue weighted by Gasteiger charge is -2.30. The minimum atomic E-state index is -3.23. The second-order valence-electron chi connectivity index (χ2n) is 5.91. The van der Waals surface area contributed by atoms with Crippen LogP contribution in [-0.2, 0) is 14.8 Å². The van der Waals surface area contributed by atoms with Crippen LogP contribution in [0.5, 0.6) is 5.75 Å². The average molecular weight is 340 g/mol. The van der Waals surface area contributed by atoms with Crippen molar-refractivity contribution in [3.8, 4) is 5.75 Å². The minimum absolute atomic E-state index is 0.106. The number of sulfonamides is 1. The Kier molecular flexibility index (Phi) is 6.01. The monoisotopic (exact) mass is 340 g/mol. The first-order chi connectivity index (χ1) is 10.9. The first kappa shape index (κ1) is 17.7. The number of benzene rings is 1. The first-order valence-corrected chi connectivity index (χ1v) is 9.63. The van der Waals surface area contributed by atoms with Crippen LogP contribution in [0.4, 0.5) is 0 Å². The van der Waals surface area contributed by atoms with E-state index >= 15 is 0 Å². The van der Waals surface area contributed by atoms with E-state index in [1.807, 2.05) is 31.2 Å². The Bertz CT molecular complexity index is 628. The highest BCUT2D eigenvalue weighted by Gasteiger charge is 2.29. The van der Waals surface area contributed by atoms with E-state index in [0.717, 1.165) is 12.2 Å². The van der Waals surface area contributed by atoms with E-state index in [4.69, 9.17) is 4.74 Å². The molecule has 1 unspecified atom stereocenters. The van der Waals surface area contributed by atoms with E-state index in [0.29, 0.717) is 26.1 Å². The molecule has 1 fully saturated rings. The minimum Gasteiger partial charge on any atom is -0.492 e. The van der Waals surface area contributed by atoms with Gasteiger partial charge in [0.2, 0.25) is 15.9 Å². The number of nitrogens with one attached hydrogen (secondary N) is 1. The van der Waals surface area contributed by atoms with Crippen molar-refractivity contribution >= 4 is 15.9 Å². The van der Waals surface area contributed by atoms with E-state index in [2.05, 4.69) is 5.32 Å². The number of rotatable bonds is 6. The van der Waals surface area contributed by atoms with Crippen molar-refractivity contribution in [3.63, 3.8) is 0 Å². The quantitative estimate of drug-likeness (QED) is 0.789. The second kappa shape index (κ2) is 7.79. The van der Waals surface area contributed by atoms with Crippen LogP contribution in [0.25, 0.3) is 0 Å². The maximum absolute atomic E-state index is 12.1. The molecule has 0 bridgehead atoms. The molecule has 1 saturated heterocycles. The van der Waals surface area contributed by atoms with Gasteiger partial charge in [0.05, 0.1) is 18.7 Å². The van der Waals surface area contributed by atoms with Gasteiger partial charge in [-0.2, -0.15) is 0 Å². The van der Waals surface area contributed by atoms with Gasteiger partial charge >= 0.3 is 0 Å². The van der Waals surface area contributed by atoms with Crippen LogP contribution in [0.1, 0.15) is 18.4 Å². The highest BCUT2D eigenvalue weighted by Crippen LogP contribution is 2.18. The van der Waals surface area contributed by atoms with E-state index in [1.54, 1.807) is 0 Å². The molecule has 1 aromatic rings. The molecule has 0 radical (unpaired) electrons. The summed E-state index contributed by atoms with van der Waals surface area (Å²) in [6.07, 6.45) is 2.62. The van der Waals surface area contributed by atoms with Gasteiger partial charge in [0.1, 0.15) is 12.4 Å². The Labute approximate surface area is 137 Å². The molecule has 1 amide bonds. The molecule has 7 heteroatoms. The molecular weight excluding hydrogens is 316 g/mol. The van der Waals surface area contributed by atoms with Crippen LogP contribution in [0, 0.1) is 12.8 Å². The van der Waals surface area contributed by atoms with E-state index < -0.39 is 10.0 Å². The fourth-order valence-electron chi connectivity index (χ4n) is 2.58. The van der Waals surface area contributed by atoms with Gasteiger partial charge in [-0.25, -0.2) is 12.7 Å². The Morgan fingerprint density at radius 1 is 1.35 bits per heavy atom. The largest absolute Gasteiger partial charge is 0.492 e. The average Bonchev–Trinajstić information content (AvgIpc) is 2.52. The van der Waals surface area contributed by atoms with Crippen molar-refractivity contribution in [2.24, 2.45) is 5.92 Å². The maximum Gasteiger partial charge on any atom is 0.224 e. The van der Waals surface area contributed by atoms with Crippen molar-refractivity contribution in [3.05, 3.63) is 29.8 Å². The normalized spacial score (nSPS) is 19.3. The van der Waals surface area contributed by atoms with Crippen molar-refractivity contribution in [1.29, 1.82) is 0 Å². The summed E-state index contributed by atoms with van der Waals surface area (Å²) in [5.74, 6) is 0.384. The van der Waals surface area contributed by atoms with Gasteiger partial charge < -0.3 is 10.1 Å². The number of hydrogen-bond donors (Lipinski definition) is 1. The first-order valence-electron chi connectivity index (χ1n) is 7.78. The zero-order chi connectivity index (χ0) is 16.9. The standard InChI is InChI=1S/C16H24N2O4S/c1-13-5-7-15(8-6-13)22-11-9-17-16(19)14-4-3-10-18(12-14)23(2,20)21/h5-8,14H,3-4,9-12H2,1-2H3,(H,17,19). The molecule has 128 valence electrons. The fourth-order valence-corrected chi connectivity index (χ4v) is 3.49. The maximum atomic E-state index is 12.1. The molecular formula is C16H24N2O4S. The Hall–Kier alpha value is -1.60. The molecule has 6 nitrogen and oxygen atoms in total. The van der Waals surface area contributed by atoms with E-state index in [9.17, 15) is 13.2 Å². The highest BCUT2D eigenvalue weighted by atomic mass is 32.2. The zero-order valence-corrected chi connectivity index (χ0v) is 14.4. The van der Waals surface area contributed by atoms with Gasteiger partial charge in [0.25, 0.3) is 0 Å². The molecule has 1 N–H and O–H groups in total. The molecule has 1 heterocycles. The van der Waals surface area contributed by atoms with Crippen LogP contribution in [0.2, 0.25) is 0 Å². The number of piperidine rings is 1. The Balaban J connectivity index is 1.73. The third kappa shape index (κ3) is 5.51. The van der Waals surface area contributed by atoms with Gasteiger partial charge in [0, 0.05) is 13.1 Å². The van der Waals surface area contributed by atoms with Crippen molar-refractivity contribution in [2.45, 2.75) is 19.8 Å². The third-order valence-electron chi connectivity index (χ3n) is 3.91. The molecule has 0 spiro atoms. The summed E-state index contributed by atoms with van der Waals surface area (Å²) in [6.45, 7) is 3.57. The van der Waals surface area contributed by atoms with Crippen LogP contribution in [0.15, 0.2) is 24.3 Å². The summed E-state index contributed by atoms with van der Waals surface area (Å²) in [7, 11) is -3.23. The summed E-state index contributed by atoms with van der Waals surface area (Å²) in [6, 6.07) is 7.72. The smallest absolute Gasteiger partial charge is 0.224 e. The number of carbonyl (C=O) groups excluding carboxylic acids is 1. The van der Waals surface area contributed by atoms with Crippen LogP contribution in [0.3, 0.4) is 0 Å². The van der Waals surface area contributed by atoms with Crippen molar-refractivity contribution in [1.82, 2.24) is 9.62 Å². The molecule has 0 aromatic heterocycles. The summed E-state index contributed by atoms with van der Waals surface area (Å²) >= 11 is 0. The molecule has 0 aliphatic carbocycles. The summed E-state index contributed by atoms with van der Waals surface area (Å²) < 4.78 is 30.1. The SMILES string of the molecule is Cc1ccc(OCCNC(=O)C2CCCN(S(C)(=O)=O)C2)cc1. The predicted molar refractivity (Wildman–Crippen MR) is 88.8 cm³/mol. The second-order valence-corrected chi connectivity index (χ2v) is 7.90. The van der Waals surface area contributed by atoms with Crippen LogP contribution < -0.4 is 10.1 Å². The molecule has 23 heavy (non-hydrogen) atoms. The molecule has 1 aliphatic rings. The fraction of sp³-hybridized carbons (Fsp3) is 0.562. The van der Waals surface area contributed by atoms with Gasteiger partial charge in [-0.3, -0.25) is 4.79 Å². The van der Waals surface area contributed by atoms with Crippen LogP contribution in [-0.4, -0.2) is 51.1 Å². The third-order valence-corrected chi connectivity index (χ3v) is 5.18. The van der Waals surface area contributed by atoms with Crippen LogP contribution >= 0.6 is 0 Å². The summed E-state index contributed by atoms with van der Waals surface area (Å²) in [5, 5.41) is 2.82. The lowest BCUT2D eigenvalue weighted by atomic mass is 9.99. The zero-order valence-electron chi connectivity index (χ0n) is 13.6. The number of nitrogens with zero attached hydrogens (tertiary/aromatic N) is 1. The number of amides is 1. The van der Waals surface area contributed by atoms with Gasteiger partial charge in [-0.05, 0) is 31.9 Å². The molecule has 1 aromatic carbocycles. The lowest BCUT2D eigenvalue weighted by Crippen LogP contribution is -2.45. The van der Waals surface area contributed by atoms with Crippen molar-refractivity contribution < 1.29 is 17.9 Å². The van der Waals surface area contributed by atoms with E-state index in [1.165, 1.54) is 16.1 Å².